The summed E-state index contributed by atoms with van der Waals surface area (Å²) in [4.78, 5) is 22.2. The van der Waals surface area contributed by atoms with Crippen molar-refractivity contribution in [1.82, 2.24) is 10.2 Å². The van der Waals surface area contributed by atoms with Crippen molar-refractivity contribution in [3.8, 4) is 11.5 Å². The number of carbonyl (C=O) groups is 1. The lowest BCUT2D eigenvalue weighted by molar-refractivity contribution is -0.608. The Morgan fingerprint density at radius 1 is 1.23 bits per heavy atom. The summed E-state index contributed by atoms with van der Waals surface area (Å²) in [5.74, 6) is -0.681. The Bertz CT molecular complexity index is 953. The molecule has 3 rings (SSSR count). The first kappa shape index (κ1) is 17.0. The molecule has 2 aromatic heterocycles. The molecule has 10 heteroatoms. The van der Waals surface area contributed by atoms with Crippen molar-refractivity contribution in [3.05, 3.63) is 75.6 Å². The predicted molar refractivity (Wildman–Crippen MR) is 85.6 cm³/mol. The van der Waals surface area contributed by atoms with Gasteiger partial charge in [-0.15, -0.1) is 10.2 Å². The second-order valence-electron chi connectivity index (χ2n) is 5.21. The van der Waals surface area contributed by atoms with Gasteiger partial charge in [0.2, 0.25) is 5.89 Å². The minimum atomic E-state index is -0.887. The van der Waals surface area contributed by atoms with Crippen molar-refractivity contribution in [3.63, 3.8) is 0 Å². The fraction of sp³-hybridized carbons (Fsp3) is 0.125. The molecule has 0 aliphatic carbocycles. The Kier molecular flexibility index (Phi) is 4.56. The van der Waals surface area contributed by atoms with Gasteiger partial charge in [-0.2, -0.15) is 4.73 Å². The van der Waals surface area contributed by atoms with Gasteiger partial charge in [-0.05, 0) is 25.1 Å². The number of esters is 1. The first-order valence-electron chi connectivity index (χ1n) is 7.43. The monoisotopic (exact) mass is 356 g/mol. The summed E-state index contributed by atoms with van der Waals surface area (Å²) in [6.45, 7) is 1.52. The van der Waals surface area contributed by atoms with Gasteiger partial charge in [0.15, 0.2) is 12.3 Å². The number of pyridine rings is 1. The Balaban J connectivity index is 1.73. The molecule has 0 amide bonds. The van der Waals surface area contributed by atoms with Crippen LogP contribution in [0.15, 0.2) is 53.1 Å². The molecule has 0 saturated carbocycles. The molecule has 0 saturated heterocycles. The fourth-order valence-electron chi connectivity index (χ4n) is 2.10. The van der Waals surface area contributed by atoms with E-state index in [0.29, 0.717) is 10.3 Å². The third kappa shape index (κ3) is 3.48. The molecule has 0 radical (unpaired) electrons. The summed E-state index contributed by atoms with van der Waals surface area (Å²) in [5, 5.41) is 29.9. The number of benzene rings is 1. The van der Waals surface area contributed by atoms with Crippen LogP contribution in [0.5, 0.6) is 0 Å². The van der Waals surface area contributed by atoms with Crippen LogP contribution in [0.4, 0.5) is 5.69 Å². The average Bonchev–Trinajstić information content (AvgIpc) is 3.12. The zero-order chi connectivity index (χ0) is 18.7. The van der Waals surface area contributed by atoms with Crippen molar-refractivity contribution in [2.75, 3.05) is 0 Å². The minimum Gasteiger partial charge on any atom is -0.618 e. The summed E-state index contributed by atoms with van der Waals surface area (Å²) >= 11 is 0. The number of rotatable bonds is 5. The van der Waals surface area contributed by atoms with E-state index in [1.807, 2.05) is 0 Å². The lowest BCUT2D eigenvalue weighted by atomic mass is 10.2. The highest BCUT2D eigenvalue weighted by atomic mass is 16.6. The zero-order valence-corrected chi connectivity index (χ0v) is 13.4. The molecule has 0 spiro atoms. The van der Waals surface area contributed by atoms with E-state index in [9.17, 15) is 20.1 Å². The number of hydrogen-bond donors (Lipinski definition) is 0. The van der Waals surface area contributed by atoms with E-state index in [4.69, 9.17) is 9.15 Å². The van der Waals surface area contributed by atoms with Crippen LogP contribution in [0.3, 0.4) is 0 Å². The van der Waals surface area contributed by atoms with Gasteiger partial charge >= 0.3 is 11.7 Å². The van der Waals surface area contributed by atoms with Gasteiger partial charge in [-0.1, -0.05) is 0 Å². The van der Waals surface area contributed by atoms with E-state index in [1.165, 1.54) is 55.6 Å². The van der Waals surface area contributed by atoms with E-state index in [1.54, 1.807) is 0 Å². The highest BCUT2D eigenvalue weighted by molar-refractivity contribution is 5.85. The quantitative estimate of drug-likeness (QED) is 0.223. The molecular weight excluding hydrogens is 344 g/mol. The van der Waals surface area contributed by atoms with Gasteiger partial charge in [0.05, 0.1) is 4.92 Å². The highest BCUT2D eigenvalue weighted by Gasteiger charge is 2.24. The van der Waals surface area contributed by atoms with Crippen LogP contribution in [-0.2, 0) is 4.74 Å². The first-order valence-corrected chi connectivity index (χ1v) is 7.43. The molecule has 132 valence electrons. The molecule has 1 aromatic carbocycles. The number of nitro benzene ring substituents is 1. The van der Waals surface area contributed by atoms with E-state index >= 15 is 0 Å². The van der Waals surface area contributed by atoms with E-state index < -0.39 is 17.0 Å². The van der Waals surface area contributed by atoms with Gasteiger partial charge in [-0.25, -0.2) is 4.79 Å². The molecule has 10 nitrogen and oxygen atoms in total. The highest BCUT2D eigenvalue weighted by Crippen LogP contribution is 2.24. The van der Waals surface area contributed by atoms with Gasteiger partial charge < -0.3 is 14.4 Å². The summed E-state index contributed by atoms with van der Waals surface area (Å²) in [6.07, 6.45) is 0.294. The maximum atomic E-state index is 12.0. The Morgan fingerprint density at radius 2 is 1.96 bits per heavy atom. The molecule has 1 atom stereocenters. The molecule has 0 fully saturated rings. The zero-order valence-electron chi connectivity index (χ0n) is 13.4. The van der Waals surface area contributed by atoms with Crippen molar-refractivity contribution in [1.29, 1.82) is 0 Å². The van der Waals surface area contributed by atoms with Gasteiger partial charge in [0.25, 0.3) is 11.6 Å². The lowest BCUT2D eigenvalue weighted by Crippen LogP contribution is -2.34. The van der Waals surface area contributed by atoms with Crippen LogP contribution >= 0.6 is 0 Å². The molecule has 0 unspecified atom stereocenters. The smallest absolute Gasteiger partial charge is 0.405 e. The van der Waals surface area contributed by atoms with Crippen molar-refractivity contribution >= 4 is 11.7 Å². The summed E-state index contributed by atoms with van der Waals surface area (Å²) in [6, 6.07) is 9.91. The van der Waals surface area contributed by atoms with Crippen LogP contribution in [0, 0.1) is 15.3 Å². The second kappa shape index (κ2) is 6.97. The third-order valence-electron chi connectivity index (χ3n) is 3.43. The number of non-ortho nitro benzene ring substituents is 1. The van der Waals surface area contributed by atoms with Crippen molar-refractivity contribution in [2.45, 2.75) is 13.0 Å². The standard InChI is InChI=1S/C16H12N4O6/c1-10(25-16(21)13-4-2-3-9-19(13)22)14-17-18-15(26-14)11-5-7-12(8-6-11)20(23)24/h2-10H,1H3/t10-/m1/s1. The number of ether oxygens (including phenoxy) is 1. The normalized spacial score (nSPS) is 11.7. The molecule has 2 heterocycles. The number of hydrogen-bond acceptors (Lipinski definition) is 8. The second-order valence-corrected chi connectivity index (χ2v) is 5.21. The van der Waals surface area contributed by atoms with Crippen molar-refractivity contribution in [2.24, 2.45) is 0 Å². The summed E-state index contributed by atoms with van der Waals surface area (Å²) < 4.78 is 11.0. The number of nitrogens with zero attached hydrogens (tertiary/aromatic N) is 4. The van der Waals surface area contributed by atoms with Gasteiger partial charge in [-0.3, -0.25) is 10.1 Å². The number of aromatic nitrogens is 3. The molecule has 0 aliphatic rings. The van der Waals surface area contributed by atoms with Crippen LogP contribution in [-0.4, -0.2) is 21.1 Å². The first-order chi connectivity index (χ1) is 12.5. The summed E-state index contributed by atoms with van der Waals surface area (Å²) in [7, 11) is 0. The SMILES string of the molecule is C[C@@H](OC(=O)c1cccc[n+]1[O-])c1nnc(-c2ccc([N+](=O)[O-])cc2)o1. The maximum absolute atomic E-state index is 12.0. The number of nitro groups is 1. The predicted octanol–water partition coefficient (Wildman–Crippen LogP) is 2.20. The van der Waals surface area contributed by atoms with Crippen LogP contribution in [0.1, 0.15) is 29.4 Å². The van der Waals surface area contributed by atoms with Crippen LogP contribution < -0.4 is 4.73 Å². The molecule has 3 aromatic rings. The van der Waals surface area contributed by atoms with Crippen molar-refractivity contribution < 1.29 is 23.6 Å². The van der Waals surface area contributed by atoms with Gasteiger partial charge in [0.1, 0.15) is 0 Å². The molecule has 26 heavy (non-hydrogen) atoms. The largest absolute Gasteiger partial charge is 0.618 e. The van der Waals surface area contributed by atoms with E-state index in [2.05, 4.69) is 10.2 Å². The van der Waals surface area contributed by atoms with E-state index in [0.717, 1.165) is 0 Å². The van der Waals surface area contributed by atoms with Crippen LogP contribution in [0.2, 0.25) is 0 Å². The molecule has 0 aliphatic heterocycles. The summed E-state index contributed by atoms with van der Waals surface area (Å²) in [5.41, 5.74) is 0.243. The molecular formula is C16H12N4O6. The van der Waals surface area contributed by atoms with Crippen LogP contribution in [0.25, 0.3) is 11.5 Å². The molecule has 0 bridgehead atoms. The minimum absolute atomic E-state index is 0.0279. The Hall–Kier alpha value is -3.82. The molecule has 0 N–H and O–H groups in total. The topological polar surface area (TPSA) is 135 Å². The third-order valence-corrected chi connectivity index (χ3v) is 3.43. The van der Waals surface area contributed by atoms with E-state index in [-0.39, 0.29) is 23.2 Å². The fourth-order valence-corrected chi connectivity index (χ4v) is 2.10. The lowest BCUT2D eigenvalue weighted by Gasteiger charge is -2.08. The maximum Gasteiger partial charge on any atom is 0.405 e. The average molecular weight is 356 g/mol. The number of carbonyl (C=O) groups excluding carboxylic acids is 1. The Labute approximate surface area is 146 Å². The van der Waals surface area contributed by atoms with Gasteiger partial charge in [0, 0.05) is 29.8 Å². The Morgan fingerprint density at radius 3 is 2.62 bits per heavy atom.